The zero-order valence-corrected chi connectivity index (χ0v) is 21.6. The second kappa shape index (κ2) is 10.3. The normalized spacial score (nSPS) is 26.9. The van der Waals surface area contributed by atoms with Crippen LogP contribution in [0.2, 0.25) is 0 Å². The van der Waals surface area contributed by atoms with E-state index in [0.717, 1.165) is 36.8 Å². The van der Waals surface area contributed by atoms with Crippen LogP contribution in [0.25, 0.3) is 10.9 Å². The summed E-state index contributed by atoms with van der Waals surface area (Å²) in [5, 5.41) is 4.47. The monoisotopic (exact) mass is 478 g/mol. The molecular formula is C29H42N4O2. The van der Waals surface area contributed by atoms with Crippen LogP contribution < -0.4 is 5.32 Å². The van der Waals surface area contributed by atoms with E-state index in [1.54, 1.807) is 0 Å². The zero-order valence-electron chi connectivity index (χ0n) is 21.6. The van der Waals surface area contributed by atoms with Gasteiger partial charge in [-0.2, -0.15) is 0 Å². The minimum atomic E-state index is -0.909. The van der Waals surface area contributed by atoms with Gasteiger partial charge in [-0.25, -0.2) is 0 Å². The third-order valence-electron chi connectivity index (χ3n) is 8.82. The van der Waals surface area contributed by atoms with E-state index in [1.807, 2.05) is 30.0 Å². The smallest absolute Gasteiger partial charge is 0.271 e. The predicted octanol–water partition coefficient (Wildman–Crippen LogP) is 4.96. The lowest BCUT2D eigenvalue weighted by molar-refractivity contribution is -0.133. The minimum Gasteiger partial charge on any atom is -0.351 e. The molecule has 2 amide bonds. The highest BCUT2D eigenvalue weighted by molar-refractivity contribution is 6.03. The van der Waals surface area contributed by atoms with Crippen molar-refractivity contribution in [3.05, 3.63) is 36.0 Å². The molecule has 6 nitrogen and oxygen atoms in total. The molecule has 3 aliphatic rings. The van der Waals surface area contributed by atoms with Crippen LogP contribution in [0.1, 0.15) is 88.5 Å². The maximum Gasteiger partial charge on any atom is 0.271 e. The molecule has 0 unspecified atom stereocenters. The van der Waals surface area contributed by atoms with Crippen LogP contribution in [-0.2, 0) is 11.3 Å². The van der Waals surface area contributed by atoms with Crippen LogP contribution in [0, 0.1) is 0 Å². The summed E-state index contributed by atoms with van der Waals surface area (Å²) in [7, 11) is 0. The summed E-state index contributed by atoms with van der Waals surface area (Å²) in [5.74, 6) is -0.0148. The van der Waals surface area contributed by atoms with Crippen molar-refractivity contribution in [1.29, 1.82) is 0 Å². The number of nitrogens with zero attached hydrogens (tertiary/aromatic N) is 3. The quantitative estimate of drug-likeness (QED) is 0.661. The Balaban J connectivity index is 1.43. The number of nitrogens with one attached hydrogen (secondary N) is 1. The summed E-state index contributed by atoms with van der Waals surface area (Å²) in [6, 6.07) is 10.9. The lowest BCUT2D eigenvalue weighted by Gasteiger charge is -2.46. The number of carbonyl (C=O) groups is 2. The third-order valence-corrected chi connectivity index (χ3v) is 8.82. The van der Waals surface area contributed by atoms with Crippen LogP contribution in [0.15, 0.2) is 30.3 Å². The number of carbonyl (C=O) groups excluding carboxylic acids is 2. The van der Waals surface area contributed by atoms with Gasteiger partial charge in [-0.05, 0) is 58.2 Å². The Morgan fingerprint density at radius 2 is 1.71 bits per heavy atom. The molecule has 1 N–H and O–H groups in total. The molecule has 0 spiro atoms. The molecule has 6 heteroatoms. The van der Waals surface area contributed by atoms with Crippen LogP contribution in [0.4, 0.5) is 0 Å². The van der Waals surface area contributed by atoms with Crippen LogP contribution >= 0.6 is 0 Å². The van der Waals surface area contributed by atoms with E-state index in [0.29, 0.717) is 24.8 Å². The first-order valence-corrected chi connectivity index (χ1v) is 13.9. The molecule has 35 heavy (non-hydrogen) atoms. The average molecular weight is 479 g/mol. The number of hydrogen-bond donors (Lipinski definition) is 1. The van der Waals surface area contributed by atoms with E-state index in [1.165, 1.54) is 51.4 Å². The third kappa shape index (κ3) is 4.87. The molecule has 2 aromatic rings. The Hall–Kier alpha value is -2.34. The molecule has 3 heterocycles. The van der Waals surface area contributed by atoms with E-state index in [-0.39, 0.29) is 17.9 Å². The number of amides is 2. The van der Waals surface area contributed by atoms with Crippen molar-refractivity contribution in [2.24, 2.45) is 0 Å². The standard InChI is InChI=1S/C29H42N4O2/c1-22-12-10-11-17-31(22)18-19-33-27(34)26-20-23-13-8-9-16-25(23)32(26)21-29(33,2)28(35)30-24-14-6-4-3-5-7-15-24/h8-9,13,16,20,22,24H,3-7,10-12,14-15,17-19,21H2,1-2H3,(H,30,35)/t22-,29+/m0/s1. The highest BCUT2D eigenvalue weighted by Gasteiger charge is 2.48. The highest BCUT2D eigenvalue weighted by Crippen LogP contribution is 2.33. The zero-order chi connectivity index (χ0) is 24.4. The summed E-state index contributed by atoms with van der Waals surface area (Å²) >= 11 is 0. The largest absolute Gasteiger partial charge is 0.351 e. The number of fused-ring (bicyclic) bond motifs is 3. The predicted molar refractivity (Wildman–Crippen MR) is 141 cm³/mol. The van der Waals surface area contributed by atoms with E-state index >= 15 is 0 Å². The summed E-state index contributed by atoms with van der Waals surface area (Å²) in [5.41, 5.74) is 0.826. The van der Waals surface area contributed by atoms with Crippen molar-refractivity contribution in [3.63, 3.8) is 0 Å². The Bertz CT molecular complexity index is 1050. The van der Waals surface area contributed by atoms with Gasteiger partial charge >= 0.3 is 0 Å². The van der Waals surface area contributed by atoms with Gasteiger partial charge in [-0.1, -0.05) is 56.7 Å². The number of aromatic nitrogens is 1. The molecule has 5 rings (SSSR count). The van der Waals surface area contributed by atoms with E-state index in [9.17, 15) is 9.59 Å². The number of hydrogen-bond acceptors (Lipinski definition) is 3. The number of piperidine rings is 1. The molecule has 0 bridgehead atoms. The SMILES string of the molecule is C[C@H]1CCCCN1CCN1C(=O)c2cc3ccccc3n2C[C@]1(C)C(=O)NC1CCCCCCC1. The molecule has 2 aliphatic heterocycles. The fourth-order valence-corrected chi connectivity index (χ4v) is 6.52. The van der Waals surface area contributed by atoms with Crippen LogP contribution in [0.3, 0.4) is 0 Å². The lowest BCUT2D eigenvalue weighted by atomic mass is 9.92. The Morgan fingerprint density at radius 1 is 1.00 bits per heavy atom. The lowest BCUT2D eigenvalue weighted by Crippen LogP contribution is -2.66. The Labute approximate surface area is 210 Å². The fraction of sp³-hybridized carbons (Fsp3) is 0.655. The summed E-state index contributed by atoms with van der Waals surface area (Å²) in [6.07, 6.45) is 11.9. The summed E-state index contributed by atoms with van der Waals surface area (Å²) in [6.45, 7) is 7.25. The van der Waals surface area contributed by atoms with Gasteiger partial charge in [-0.15, -0.1) is 0 Å². The summed E-state index contributed by atoms with van der Waals surface area (Å²) in [4.78, 5) is 32.3. The second-order valence-corrected chi connectivity index (χ2v) is 11.3. The van der Waals surface area contributed by atoms with Crippen molar-refractivity contribution in [2.45, 2.75) is 102 Å². The van der Waals surface area contributed by atoms with Gasteiger partial charge in [0.25, 0.3) is 5.91 Å². The summed E-state index contributed by atoms with van der Waals surface area (Å²) < 4.78 is 2.08. The maximum atomic E-state index is 14.0. The van der Waals surface area contributed by atoms with Crippen LogP contribution in [0.5, 0.6) is 0 Å². The molecule has 2 fully saturated rings. The molecule has 1 aromatic heterocycles. The molecule has 190 valence electrons. The van der Waals surface area contributed by atoms with Gasteiger partial charge < -0.3 is 14.8 Å². The molecule has 0 radical (unpaired) electrons. The first kappa shape index (κ1) is 24.4. The van der Waals surface area contributed by atoms with Gasteiger partial charge in [-0.3, -0.25) is 14.5 Å². The highest BCUT2D eigenvalue weighted by atomic mass is 16.2. The minimum absolute atomic E-state index is 0.00606. The Morgan fingerprint density at radius 3 is 2.49 bits per heavy atom. The molecular weight excluding hydrogens is 436 g/mol. The van der Waals surface area contributed by atoms with Crippen molar-refractivity contribution in [1.82, 2.24) is 19.7 Å². The molecule has 1 aliphatic carbocycles. The average Bonchev–Trinajstić information content (AvgIpc) is 3.20. The van der Waals surface area contributed by atoms with E-state index < -0.39 is 5.54 Å². The van der Waals surface area contributed by atoms with Crippen LogP contribution in [-0.4, -0.2) is 63.4 Å². The number of para-hydroxylation sites is 1. The van der Waals surface area contributed by atoms with Gasteiger partial charge in [0.2, 0.25) is 5.91 Å². The fourth-order valence-electron chi connectivity index (χ4n) is 6.52. The van der Waals surface area contributed by atoms with Gasteiger partial charge in [0, 0.05) is 36.1 Å². The Kier molecular flexibility index (Phi) is 7.19. The van der Waals surface area contributed by atoms with Crippen molar-refractivity contribution in [2.75, 3.05) is 19.6 Å². The maximum absolute atomic E-state index is 14.0. The van der Waals surface area contributed by atoms with Crippen molar-refractivity contribution >= 4 is 22.7 Å². The van der Waals surface area contributed by atoms with E-state index in [2.05, 4.69) is 33.8 Å². The molecule has 1 aromatic carbocycles. The first-order valence-electron chi connectivity index (χ1n) is 13.9. The topological polar surface area (TPSA) is 57.6 Å². The van der Waals surface area contributed by atoms with Crippen molar-refractivity contribution < 1.29 is 9.59 Å². The number of benzene rings is 1. The molecule has 1 saturated carbocycles. The first-order chi connectivity index (χ1) is 17.0. The van der Waals surface area contributed by atoms with Crippen molar-refractivity contribution in [3.8, 4) is 0 Å². The number of likely N-dealkylation sites (tertiary alicyclic amines) is 1. The number of rotatable bonds is 5. The molecule has 2 atom stereocenters. The van der Waals surface area contributed by atoms with Gasteiger partial charge in [0.15, 0.2) is 0 Å². The van der Waals surface area contributed by atoms with Gasteiger partial charge in [0.1, 0.15) is 11.2 Å². The molecule has 1 saturated heterocycles. The van der Waals surface area contributed by atoms with Gasteiger partial charge in [0.05, 0.1) is 6.54 Å². The van der Waals surface area contributed by atoms with E-state index in [4.69, 9.17) is 0 Å². The second-order valence-electron chi connectivity index (χ2n) is 11.3.